The van der Waals surface area contributed by atoms with Crippen LogP contribution in [-0.2, 0) is 38.1 Å². The molecule has 2 atom stereocenters. The highest BCUT2D eigenvalue weighted by Gasteiger charge is 2.81. The van der Waals surface area contributed by atoms with Gasteiger partial charge in [-0.1, -0.05) is 19.7 Å². The first-order valence-electron chi connectivity index (χ1n) is 9.47. The molecule has 0 heterocycles. The lowest BCUT2D eigenvalue weighted by Gasteiger charge is -2.35. The zero-order chi connectivity index (χ0) is 29.5. The summed E-state index contributed by atoms with van der Waals surface area (Å²) in [6.45, 7) is 6.77. The average Bonchev–Trinajstić information content (AvgIpc) is 2.79. The molecule has 0 N–H and O–H groups in total. The van der Waals surface area contributed by atoms with Gasteiger partial charge in [-0.05, 0) is 6.92 Å². The standard InChI is InChI=1S/C20H19F9O8/c1-5-12(30)34-9-11(8-17(21,22)18(23,24)19(25,26)20(27,28)29)36-15(33)16(4,37-14(32)7-3)10-35-13(31)6-2/h5-7,11H,1-3,8-10H2,4H3. The first-order valence-corrected chi connectivity index (χ1v) is 9.47. The van der Waals surface area contributed by atoms with E-state index in [0.29, 0.717) is 25.2 Å². The van der Waals surface area contributed by atoms with Gasteiger partial charge in [0.2, 0.25) is 5.60 Å². The molecule has 0 aromatic rings. The maximum Gasteiger partial charge on any atom is 0.460 e. The van der Waals surface area contributed by atoms with Crippen molar-refractivity contribution >= 4 is 23.9 Å². The Morgan fingerprint density at radius 3 is 1.65 bits per heavy atom. The van der Waals surface area contributed by atoms with Crippen LogP contribution in [0.2, 0.25) is 0 Å². The number of hydrogen-bond acceptors (Lipinski definition) is 8. The molecule has 37 heavy (non-hydrogen) atoms. The van der Waals surface area contributed by atoms with Gasteiger partial charge in [0, 0.05) is 18.2 Å². The highest BCUT2D eigenvalue weighted by atomic mass is 19.4. The Hall–Kier alpha value is -3.53. The molecule has 17 heteroatoms. The van der Waals surface area contributed by atoms with Crippen molar-refractivity contribution in [2.24, 2.45) is 0 Å². The number of carbonyl (C=O) groups excluding carboxylic acids is 4. The molecule has 0 aromatic heterocycles. The molecule has 0 aliphatic rings. The molecule has 0 saturated carbocycles. The fraction of sp³-hybridized carbons (Fsp3) is 0.500. The lowest BCUT2D eigenvalue weighted by atomic mass is 9.98. The van der Waals surface area contributed by atoms with Crippen molar-refractivity contribution < 1.29 is 77.6 Å². The van der Waals surface area contributed by atoms with Gasteiger partial charge in [-0.25, -0.2) is 19.2 Å². The second kappa shape index (κ2) is 12.1. The van der Waals surface area contributed by atoms with Crippen molar-refractivity contribution in [1.82, 2.24) is 0 Å². The van der Waals surface area contributed by atoms with Crippen LogP contribution < -0.4 is 0 Å². The first kappa shape index (κ1) is 33.5. The third-order valence-corrected chi connectivity index (χ3v) is 4.13. The second-order valence-electron chi connectivity index (χ2n) is 7.08. The van der Waals surface area contributed by atoms with E-state index in [1.54, 1.807) is 0 Å². The number of alkyl halides is 9. The van der Waals surface area contributed by atoms with E-state index in [9.17, 15) is 58.7 Å². The summed E-state index contributed by atoms with van der Waals surface area (Å²) in [6, 6.07) is 0. The topological polar surface area (TPSA) is 105 Å². The smallest absolute Gasteiger partial charge is 0.459 e. The van der Waals surface area contributed by atoms with Crippen molar-refractivity contribution in [2.75, 3.05) is 13.2 Å². The summed E-state index contributed by atoms with van der Waals surface area (Å²) in [5.74, 6) is -26.6. The average molecular weight is 558 g/mol. The minimum absolute atomic E-state index is 0.411. The number of hydrogen-bond donors (Lipinski definition) is 0. The maximum absolute atomic E-state index is 14.1. The molecule has 0 spiro atoms. The highest BCUT2D eigenvalue weighted by Crippen LogP contribution is 2.54. The minimum Gasteiger partial charge on any atom is -0.459 e. The number of rotatable bonds is 14. The van der Waals surface area contributed by atoms with Gasteiger partial charge < -0.3 is 18.9 Å². The van der Waals surface area contributed by atoms with Crippen LogP contribution in [0.4, 0.5) is 39.5 Å². The van der Waals surface area contributed by atoms with Gasteiger partial charge in [0.05, 0.1) is 6.42 Å². The van der Waals surface area contributed by atoms with Crippen LogP contribution in [0.3, 0.4) is 0 Å². The lowest BCUT2D eigenvalue weighted by molar-refractivity contribution is -0.398. The monoisotopic (exact) mass is 558 g/mol. The summed E-state index contributed by atoms with van der Waals surface area (Å²) in [5, 5.41) is 0. The summed E-state index contributed by atoms with van der Waals surface area (Å²) < 4.78 is 137. The molecule has 0 bridgehead atoms. The van der Waals surface area contributed by atoms with E-state index >= 15 is 0 Å². The Balaban J connectivity index is 6.25. The van der Waals surface area contributed by atoms with E-state index in [1.165, 1.54) is 0 Å². The van der Waals surface area contributed by atoms with E-state index in [1.807, 2.05) is 0 Å². The normalized spacial score (nSPS) is 14.9. The van der Waals surface area contributed by atoms with E-state index in [-0.39, 0.29) is 0 Å². The van der Waals surface area contributed by atoms with Crippen molar-refractivity contribution in [1.29, 1.82) is 0 Å². The first-order chi connectivity index (χ1) is 16.6. The quantitative estimate of drug-likeness (QED) is 0.138. The van der Waals surface area contributed by atoms with Crippen LogP contribution in [0, 0.1) is 0 Å². The minimum atomic E-state index is -7.25. The number of carbonyl (C=O) groups is 4. The van der Waals surface area contributed by atoms with E-state index in [4.69, 9.17) is 0 Å². The Labute approximate surface area is 202 Å². The van der Waals surface area contributed by atoms with Crippen LogP contribution >= 0.6 is 0 Å². The third kappa shape index (κ3) is 8.24. The summed E-state index contributed by atoms with van der Waals surface area (Å²) in [4.78, 5) is 46.6. The van der Waals surface area contributed by atoms with Gasteiger partial charge in [0.25, 0.3) is 0 Å². The summed E-state index contributed by atoms with van der Waals surface area (Å²) in [7, 11) is 0. The van der Waals surface area contributed by atoms with Crippen LogP contribution in [0.5, 0.6) is 0 Å². The summed E-state index contributed by atoms with van der Waals surface area (Å²) in [5.41, 5.74) is -2.74. The predicted molar refractivity (Wildman–Crippen MR) is 102 cm³/mol. The zero-order valence-electron chi connectivity index (χ0n) is 18.7. The fourth-order valence-electron chi connectivity index (χ4n) is 2.13. The fourth-order valence-corrected chi connectivity index (χ4v) is 2.13. The Morgan fingerprint density at radius 2 is 1.22 bits per heavy atom. The SMILES string of the molecule is C=CC(=O)OCC(CC(F)(F)C(F)(F)C(F)(F)C(F)(F)F)OC(=O)C(C)(COC(=O)C=C)OC(=O)C=C. The van der Waals surface area contributed by atoms with Crippen LogP contribution in [0.1, 0.15) is 13.3 Å². The molecule has 0 radical (unpaired) electrons. The highest BCUT2D eigenvalue weighted by molar-refractivity contribution is 5.88. The molecule has 8 nitrogen and oxygen atoms in total. The predicted octanol–water partition coefficient (Wildman–Crippen LogP) is 3.70. The van der Waals surface area contributed by atoms with Gasteiger partial charge in [-0.3, -0.25) is 0 Å². The second-order valence-corrected chi connectivity index (χ2v) is 7.08. The number of ether oxygens (including phenoxy) is 4. The van der Waals surface area contributed by atoms with Crippen LogP contribution in [-0.4, -0.2) is 72.7 Å². The molecule has 0 fully saturated rings. The molecule has 0 amide bonds. The van der Waals surface area contributed by atoms with Crippen molar-refractivity contribution in [3.05, 3.63) is 38.0 Å². The van der Waals surface area contributed by atoms with Gasteiger partial charge in [-0.15, -0.1) is 0 Å². The summed E-state index contributed by atoms with van der Waals surface area (Å²) in [6.07, 6.45) is -11.2. The van der Waals surface area contributed by atoms with Crippen molar-refractivity contribution in [3.8, 4) is 0 Å². The van der Waals surface area contributed by atoms with Crippen molar-refractivity contribution in [2.45, 2.75) is 49.0 Å². The molecule has 0 saturated heterocycles. The van der Waals surface area contributed by atoms with Gasteiger partial charge >= 0.3 is 47.8 Å². The largest absolute Gasteiger partial charge is 0.460 e. The molecule has 0 rings (SSSR count). The molecular formula is C20H19F9O8. The zero-order valence-corrected chi connectivity index (χ0v) is 18.7. The maximum atomic E-state index is 14.1. The van der Waals surface area contributed by atoms with Gasteiger partial charge in [0.1, 0.15) is 19.3 Å². The van der Waals surface area contributed by atoms with Crippen LogP contribution in [0.25, 0.3) is 0 Å². The molecule has 2 unspecified atom stereocenters. The Morgan fingerprint density at radius 1 is 0.757 bits per heavy atom. The number of halogens is 9. The number of esters is 4. The molecule has 0 aliphatic heterocycles. The van der Waals surface area contributed by atoms with Crippen LogP contribution in [0.15, 0.2) is 38.0 Å². The van der Waals surface area contributed by atoms with E-state index in [0.717, 1.165) is 0 Å². The molecule has 210 valence electrons. The summed E-state index contributed by atoms with van der Waals surface area (Å²) >= 11 is 0. The van der Waals surface area contributed by atoms with E-state index < -0.39 is 79.2 Å². The molecular weight excluding hydrogens is 539 g/mol. The lowest BCUT2D eigenvalue weighted by Crippen LogP contribution is -2.61. The Bertz CT molecular complexity index is 914. The van der Waals surface area contributed by atoms with Gasteiger partial charge in [0.15, 0.2) is 0 Å². The molecule has 0 aliphatic carbocycles. The third-order valence-electron chi connectivity index (χ3n) is 4.13. The van der Waals surface area contributed by atoms with Gasteiger partial charge in [-0.2, -0.15) is 39.5 Å². The van der Waals surface area contributed by atoms with E-state index in [2.05, 4.69) is 38.7 Å². The Kier molecular flexibility index (Phi) is 11.0. The molecule has 0 aromatic carbocycles. The van der Waals surface area contributed by atoms with Crippen molar-refractivity contribution in [3.63, 3.8) is 0 Å².